The van der Waals surface area contributed by atoms with Crippen molar-refractivity contribution in [2.75, 3.05) is 31.1 Å². The van der Waals surface area contributed by atoms with E-state index in [1.807, 2.05) is 41.0 Å². The van der Waals surface area contributed by atoms with Crippen LogP contribution in [0.5, 0.6) is 0 Å². The fourth-order valence-electron chi connectivity index (χ4n) is 4.84. The summed E-state index contributed by atoms with van der Waals surface area (Å²) in [6.07, 6.45) is 0.933. The van der Waals surface area contributed by atoms with E-state index in [1.54, 1.807) is 0 Å². The van der Waals surface area contributed by atoms with Crippen LogP contribution in [0.15, 0.2) is 46.9 Å². The molecule has 2 atom stereocenters. The smallest absolute Gasteiger partial charge is 0.235 e. The van der Waals surface area contributed by atoms with Gasteiger partial charge in [-0.3, -0.25) is 4.79 Å². The fourth-order valence-corrected chi connectivity index (χ4v) is 4.84. The molecule has 1 saturated carbocycles. The Kier molecular flexibility index (Phi) is 5.41. The molecule has 2 aromatic carbocycles. The monoisotopic (exact) mass is 440 g/mol. The molecule has 0 N–H and O–H groups in total. The van der Waals surface area contributed by atoms with E-state index in [1.165, 1.54) is 16.7 Å². The van der Waals surface area contributed by atoms with Gasteiger partial charge < -0.3 is 14.2 Å². The lowest BCUT2D eigenvalue weighted by Crippen LogP contribution is -2.49. The molecule has 0 bridgehead atoms. The number of hydrogen-bond acceptors (Lipinski definition) is 5. The molecule has 1 saturated heterocycles. The van der Waals surface area contributed by atoms with Gasteiger partial charge in [0.15, 0.2) is 0 Å². The Labute approximate surface area is 194 Å². The lowest BCUT2D eigenvalue weighted by molar-refractivity contribution is -0.133. The number of nitrogens with zero attached hydrogens (tertiary/aromatic N) is 4. The molecule has 2 unspecified atom stereocenters. The molecule has 1 aromatic heterocycles. The van der Waals surface area contributed by atoms with E-state index in [4.69, 9.17) is 4.42 Å². The third-order valence-corrected chi connectivity index (χ3v) is 6.67. The number of hydrogen-bond donors (Lipinski definition) is 0. The number of aryl methyl sites for hydroxylation is 3. The number of amides is 1. The van der Waals surface area contributed by atoms with E-state index in [9.17, 15) is 10.1 Å². The Morgan fingerprint density at radius 3 is 2.30 bits per heavy atom. The SMILES string of the molecule is Cc1ccc(-c2nc(C#N)c(N3CCN(C(=O)C4CC4c4cc(C)cc(C)c4)CC3)o2)cc1. The second kappa shape index (κ2) is 8.40. The summed E-state index contributed by atoms with van der Waals surface area (Å²) in [6.45, 7) is 8.75. The van der Waals surface area contributed by atoms with E-state index >= 15 is 0 Å². The molecule has 2 heterocycles. The average Bonchev–Trinajstić information content (AvgIpc) is 3.50. The number of piperazine rings is 1. The maximum atomic E-state index is 13.1. The second-order valence-electron chi connectivity index (χ2n) is 9.33. The van der Waals surface area contributed by atoms with E-state index in [2.05, 4.69) is 43.1 Å². The largest absolute Gasteiger partial charge is 0.419 e. The molecule has 0 spiro atoms. The molecule has 1 aliphatic carbocycles. The molecule has 33 heavy (non-hydrogen) atoms. The van der Waals surface area contributed by atoms with Crippen molar-refractivity contribution in [1.82, 2.24) is 9.88 Å². The van der Waals surface area contributed by atoms with E-state index in [-0.39, 0.29) is 11.8 Å². The Balaban J connectivity index is 1.24. The zero-order valence-corrected chi connectivity index (χ0v) is 19.3. The van der Waals surface area contributed by atoms with Gasteiger partial charge in [-0.15, -0.1) is 0 Å². The van der Waals surface area contributed by atoms with Crippen molar-refractivity contribution in [3.05, 3.63) is 70.4 Å². The van der Waals surface area contributed by atoms with Crippen LogP contribution < -0.4 is 4.90 Å². The summed E-state index contributed by atoms with van der Waals surface area (Å²) in [6, 6.07) is 16.7. The van der Waals surface area contributed by atoms with Crippen LogP contribution in [0.3, 0.4) is 0 Å². The average molecular weight is 441 g/mol. The minimum atomic E-state index is 0.0887. The van der Waals surface area contributed by atoms with Crippen molar-refractivity contribution in [1.29, 1.82) is 5.26 Å². The van der Waals surface area contributed by atoms with Crippen LogP contribution in [0.1, 0.15) is 40.3 Å². The van der Waals surface area contributed by atoms with Gasteiger partial charge in [-0.05, 0) is 50.8 Å². The number of carbonyl (C=O) groups is 1. The number of oxazole rings is 1. The number of carbonyl (C=O) groups excluding carboxylic acids is 1. The number of rotatable bonds is 4. The molecular formula is C27H28N4O2. The second-order valence-corrected chi connectivity index (χ2v) is 9.33. The number of benzene rings is 2. The standard InChI is InChI=1S/C27H28N4O2/c1-17-4-6-20(7-5-17)25-29-24(16-28)27(33-25)31-10-8-30(9-11-31)26(32)23-15-22(23)21-13-18(2)12-19(3)14-21/h4-7,12-14,22-23H,8-11,15H2,1-3H3. The van der Waals surface area contributed by atoms with E-state index < -0.39 is 0 Å². The normalized spacial score (nSPS) is 19.9. The molecule has 168 valence electrons. The molecule has 6 heteroatoms. The molecule has 3 aromatic rings. The summed E-state index contributed by atoms with van der Waals surface area (Å²) in [5.74, 6) is 1.63. The maximum Gasteiger partial charge on any atom is 0.235 e. The molecule has 2 aliphatic rings. The Morgan fingerprint density at radius 2 is 1.67 bits per heavy atom. The summed E-state index contributed by atoms with van der Waals surface area (Å²) in [7, 11) is 0. The van der Waals surface area contributed by atoms with Crippen LogP contribution >= 0.6 is 0 Å². The van der Waals surface area contributed by atoms with Gasteiger partial charge in [0.05, 0.1) is 0 Å². The quantitative estimate of drug-likeness (QED) is 0.593. The van der Waals surface area contributed by atoms with Crippen molar-refractivity contribution in [2.24, 2.45) is 5.92 Å². The molecule has 1 amide bonds. The highest BCUT2D eigenvalue weighted by atomic mass is 16.4. The Hall–Kier alpha value is -3.59. The van der Waals surface area contributed by atoms with Crippen molar-refractivity contribution in [3.63, 3.8) is 0 Å². The molecule has 1 aliphatic heterocycles. The molecule has 6 nitrogen and oxygen atoms in total. The van der Waals surface area contributed by atoms with Crippen molar-refractivity contribution in [2.45, 2.75) is 33.1 Å². The zero-order valence-electron chi connectivity index (χ0n) is 19.3. The number of aromatic nitrogens is 1. The van der Waals surface area contributed by atoms with Gasteiger partial charge in [0.25, 0.3) is 0 Å². The Morgan fingerprint density at radius 1 is 1.00 bits per heavy atom. The first kappa shape index (κ1) is 21.3. The van der Waals surface area contributed by atoms with Crippen molar-refractivity contribution < 1.29 is 9.21 Å². The van der Waals surface area contributed by atoms with Crippen molar-refractivity contribution >= 4 is 11.8 Å². The third-order valence-electron chi connectivity index (χ3n) is 6.67. The van der Waals surface area contributed by atoms with Crippen LogP contribution in [-0.2, 0) is 4.79 Å². The zero-order chi connectivity index (χ0) is 23.1. The fraction of sp³-hybridized carbons (Fsp3) is 0.370. The minimum absolute atomic E-state index is 0.0887. The van der Waals surface area contributed by atoms with Gasteiger partial charge in [0.2, 0.25) is 23.4 Å². The predicted octanol–water partition coefficient (Wildman–Crippen LogP) is 4.59. The third kappa shape index (κ3) is 4.23. The van der Waals surface area contributed by atoms with Gasteiger partial charge in [0.1, 0.15) is 6.07 Å². The minimum Gasteiger partial charge on any atom is -0.419 e. The van der Waals surface area contributed by atoms with E-state index in [0.29, 0.717) is 49.6 Å². The first-order valence-corrected chi connectivity index (χ1v) is 11.5. The topological polar surface area (TPSA) is 73.4 Å². The number of anilines is 1. The summed E-state index contributed by atoms with van der Waals surface area (Å²) in [4.78, 5) is 21.5. The van der Waals surface area contributed by atoms with Crippen LogP contribution in [0.25, 0.3) is 11.5 Å². The Bertz CT molecular complexity index is 1210. The highest BCUT2D eigenvalue weighted by molar-refractivity contribution is 5.83. The van der Waals surface area contributed by atoms with Crippen LogP contribution in [0, 0.1) is 38.0 Å². The van der Waals surface area contributed by atoms with Gasteiger partial charge >= 0.3 is 0 Å². The van der Waals surface area contributed by atoms with Gasteiger partial charge in [-0.25, -0.2) is 0 Å². The van der Waals surface area contributed by atoms with Gasteiger partial charge in [-0.2, -0.15) is 10.2 Å². The van der Waals surface area contributed by atoms with Gasteiger partial charge in [-0.1, -0.05) is 47.0 Å². The number of nitriles is 1. The summed E-state index contributed by atoms with van der Waals surface area (Å²) < 4.78 is 6.01. The lowest BCUT2D eigenvalue weighted by atomic mass is 10.0. The van der Waals surface area contributed by atoms with E-state index in [0.717, 1.165) is 17.5 Å². The molecule has 5 rings (SSSR count). The molecule has 2 fully saturated rings. The van der Waals surface area contributed by atoms with Gasteiger partial charge in [0, 0.05) is 37.7 Å². The predicted molar refractivity (Wildman–Crippen MR) is 127 cm³/mol. The molecule has 0 radical (unpaired) electrons. The highest BCUT2D eigenvalue weighted by Gasteiger charge is 2.46. The first-order chi connectivity index (χ1) is 15.9. The van der Waals surface area contributed by atoms with Crippen molar-refractivity contribution in [3.8, 4) is 17.5 Å². The van der Waals surface area contributed by atoms with Crippen LogP contribution in [-0.4, -0.2) is 42.0 Å². The molecular weight excluding hydrogens is 412 g/mol. The van der Waals surface area contributed by atoms with Crippen LogP contribution in [0.4, 0.5) is 5.88 Å². The lowest BCUT2D eigenvalue weighted by Gasteiger charge is -2.34. The summed E-state index contributed by atoms with van der Waals surface area (Å²) in [5, 5.41) is 9.59. The van der Waals surface area contributed by atoms with Crippen LogP contribution in [0.2, 0.25) is 0 Å². The summed E-state index contributed by atoms with van der Waals surface area (Å²) in [5.41, 5.74) is 6.09. The first-order valence-electron chi connectivity index (χ1n) is 11.5. The maximum absolute atomic E-state index is 13.1. The highest BCUT2D eigenvalue weighted by Crippen LogP contribution is 2.49. The summed E-state index contributed by atoms with van der Waals surface area (Å²) >= 11 is 0.